The Labute approximate surface area is 102 Å². The standard InChI is InChI=1S/C13H18N2O2/c1-14-12-6-5-11(8-10(12)9-17-2)15-7-3-4-13(15)16/h5-6,8,14H,3-4,7,9H2,1-2H3. The van der Waals surface area contributed by atoms with E-state index in [0.717, 1.165) is 29.9 Å². The zero-order chi connectivity index (χ0) is 12.3. The first-order chi connectivity index (χ1) is 8.26. The highest BCUT2D eigenvalue weighted by Crippen LogP contribution is 2.26. The van der Waals surface area contributed by atoms with Crippen LogP contribution in [0.4, 0.5) is 11.4 Å². The average Bonchev–Trinajstić information content (AvgIpc) is 2.76. The van der Waals surface area contributed by atoms with Crippen molar-refractivity contribution in [3.05, 3.63) is 23.8 Å². The monoisotopic (exact) mass is 234 g/mol. The third kappa shape index (κ3) is 2.42. The summed E-state index contributed by atoms with van der Waals surface area (Å²) in [4.78, 5) is 13.5. The third-order valence-corrected chi connectivity index (χ3v) is 3.04. The molecule has 0 saturated carbocycles. The van der Waals surface area contributed by atoms with Crippen molar-refractivity contribution in [1.82, 2.24) is 0 Å². The Morgan fingerprint density at radius 3 is 2.88 bits per heavy atom. The Bertz CT molecular complexity index is 418. The molecular formula is C13H18N2O2. The number of amides is 1. The molecule has 0 bridgehead atoms. The summed E-state index contributed by atoms with van der Waals surface area (Å²) in [6.07, 6.45) is 1.61. The molecule has 2 rings (SSSR count). The maximum absolute atomic E-state index is 11.7. The molecule has 1 aliphatic heterocycles. The number of hydrogen-bond donors (Lipinski definition) is 1. The molecule has 4 nitrogen and oxygen atoms in total. The molecule has 0 unspecified atom stereocenters. The first-order valence-corrected chi connectivity index (χ1v) is 5.86. The van der Waals surface area contributed by atoms with Crippen LogP contribution in [0, 0.1) is 0 Å². The largest absolute Gasteiger partial charge is 0.388 e. The van der Waals surface area contributed by atoms with Gasteiger partial charge in [-0.15, -0.1) is 0 Å². The van der Waals surface area contributed by atoms with Crippen LogP contribution in [0.15, 0.2) is 18.2 Å². The van der Waals surface area contributed by atoms with Crippen molar-refractivity contribution in [2.75, 3.05) is 30.9 Å². The Morgan fingerprint density at radius 1 is 1.47 bits per heavy atom. The van der Waals surface area contributed by atoms with Crippen LogP contribution in [0.2, 0.25) is 0 Å². The predicted molar refractivity (Wildman–Crippen MR) is 68.3 cm³/mol. The van der Waals surface area contributed by atoms with Crippen molar-refractivity contribution in [2.24, 2.45) is 0 Å². The number of nitrogens with zero attached hydrogens (tertiary/aromatic N) is 1. The van der Waals surface area contributed by atoms with Crippen LogP contribution < -0.4 is 10.2 Å². The molecule has 1 heterocycles. The number of ether oxygens (including phenoxy) is 1. The summed E-state index contributed by atoms with van der Waals surface area (Å²) in [7, 11) is 3.56. The minimum atomic E-state index is 0.213. The van der Waals surface area contributed by atoms with Gasteiger partial charge in [-0.25, -0.2) is 0 Å². The van der Waals surface area contributed by atoms with E-state index in [4.69, 9.17) is 4.74 Å². The van der Waals surface area contributed by atoms with Crippen molar-refractivity contribution in [3.8, 4) is 0 Å². The van der Waals surface area contributed by atoms with Gasteiger partial charge in [0, 0.05) is 44.1 Å². The van der Waals surface area contributed by atoms with Gasteiger partial charge in [0.15, 0.2) is 0 Å². The Kier molecular flexibility index (Phi) is 3.64. The molecule has 1 N–H and O–H groups in total. The first-order valence-electron chi connectivity index (χ1n) is 5.86. The summed E-state index contributed by atoms with van der Waals surface area (Å²) in [5.41, 5.74) is 3.09. The van der Waals surface area contributed by atoms with Gasteiger partial charge in [-0.05, 0) is 24.6 Å². The van der Waals surface area contributed by atoms with Gasteiger partial charge in [-0.1, -0.05) is 0 Å². The molecule has 1 amide bonds. The summed E-state index contributed by atoms with van der Waals surface area (Å²) in [6, 6.07) is 6.00. The van der Waals surface area contributed by atoms with Crippen molar-refractivity contribution in [1.29, 1.82) is 0 Å². The van der Waals surface area contributed by atoms with Crippen molar-refractivity contribution < 1.29 is 9.53 Å². The fraction of sp³-hybridized carbons (Fsp3) is 0.462. The average molecular weight is 234 g/mol. The van der Waals surface area contributed by atoms with Gasteiger partial charge < -0.3 is 15.0 Å². The van der Waals surface area contributed by atoms with Gasteiger partial charge in [0.25, 0.3) is 0 Å². The lowest BCUT2D eigenvalue weighted by Gasteiger charge is -2.18. The highest BCUT2D eigenvalue weighted by atomic mass is 16.5. The Hall–Kier alpha value is -1.55. The highest BCUT2D eigenvalue weighted by molar-refractivity contribution is 5.95. The molecule has 4 heteroatoms. The van der Waals surface area contributed by atoms with E-state index in [1.165, 1.54) is 0 Å². The fourth-order valence-corrected chi connectivity index (χ4v) is 2.19. The number of benzene rings is 1. The molecule has 1 aromatic carbocycles. The first kappa shape index (κ1) is 11.9. The highest BCUT2D eigenvalue weighted by Gasteiger charge is 2.22. The molecule has 1 fully saturated rings. The second-order valence-electron chi connectivity index (χ2n) is 4.17. The lowest BCUT2D eigenvalue weighted by molar-refractivity contribution is -0.117. The Balaban J connectivity index is 2.29. The van der Waals surface area contributed by atoms with Crippen molar-refractivity contribution >= 4 is 17.3 Å². The topological polar surface area (TPSA) is 41.6 Å². The Morgan fingerprint density at radius 2 is 2.29 bits per heavy atom. The minimum Gasteiger partial charge on any atom is -0.388 e. The number of carbonyl (C=O) groups excluding carboxylic acids is 1. The van der Waals surface area contributed by atoms with E-state index < -0.39 is 0 Å². The molecule has 92 valence electrons. The molecule has 0 aromatic heterocycles. The van der Waals surface area contributed by atoms with Gasteiger partial charge in [0.05, 0.1) is 6.61 Å². The van der Waals surface area contributed by atoms with Crippen LogP contribution in [0.1, 0.15) is 18.4 Å². The van der Waals surface area contributed by atoms with Crippen LogP contribution in [0.25, 0.3) is 0 Å². The lowest BCUT2D eigenvalue weighted by Crippen LogP contribution is -2.23. The molecule has 1 aliphatic rings. The van der Waals surface area contributed by atoms with Gasteiger partial charge in [-0.3, -0.25) is 4.79 Å². The number of rotatable bonds is 4. The van der Waals surface area contributed by atoms with Gasteiger partial charge in [-0.2, -0.15) is 0 Å². The van der Waals surface area contributed by atoms with Crippen molar-refractivity contribution in [2.45, 2.75) is 19.4 Å². The summed E-state index contributed by atoms with van der Waals surface area (Å²) in [5.74, 6) is 0.213. The quantitative estimate of drug-likeness (QED) is 0.866. The van der Waals surface area contributed by atoms with Crippen LogP contribution in [0.5, 0.6) is 0 Å². The normalized spacial score (nSPS) is 15.4. The summed E-state index contributed by atoms with van der Waals surface area (Å²) in [5, 5.41) is 3.13. The van der Waals surface area contributed by atoms with E-state index in [1.54, 1.807) is 7.11 Å². The van der Waals surface area contributed by atoms with E-state index in [1.807, 2.05) is 30.1 Å². The lowest BCUT2D eigenvalue weighted by atomic mass is 10.1. The second-order valence-corrected chi connectivity index (χ2v) is 4.17. The van der Waals surface area contributed by atoms with E-state index in [-0.39, 0.29) is 5.91 Å². The van der Waals surface area contributed by atoms with Gasteiger partial charge >= 0.3 is 0 Å². The molecule has 0 radical (unpaired) electrons. The van der Waals surface area contributed by atoms with E-state index in [9.17, 15) is 4.79 Å². The minimum absolute atomic E-state index is 0.213. The SMILES string of the molecule is CNc1ccc(N2CCCC2=O)cc1COC. The van der Waals surface area contributed by atoms with Crippen molar-refractivity contribution in [3.63, 3.8) is 0 Å². The van der Waals surface area contributed by atoms with Crippen LogP contribution >= 0.6 is 0 Å². The number of carbonyl (C=O) groups is 1. The number of hydrogen-bond acceptors (Lipinski definition) is 3. The van der Waals surface area contributed by atoms with Crippen LogP contribution in [-0.2, 0) is 16.1 Å². The number of methoxy groups -OCH3 is 1. The molecular weight excluding hydrogens is 216 g/mol. The summed E-state index contributed by atoms with van der Waals surface area (Å²) in [6.45, 7) is 1.37. The molecule has 1 aromatic rings. The number of nitrogens with one attached hydrogen (secondary N) is 1. The molecule has 17 heavy (non-hydrogen) atoms. The zero-order valence-corrected chi connectivity index (χ0v) is 10.3. The summed E-state index contributed by atoms with van der Waals surface area (Å²) < 4.78 is 5.17. The van der Waals surface area contributed by atoms with Gasteiger partial charge in [0.2, 0.25) is 5.91 Å². The maximum atomic E-state index is 11.7. The maximum Gasteiger partial charge on any atom is 0.227 e. The summed E-state index contributed by atoms with van der Waals surface area (Å²) >= 11 is 0. The third-order valence-electron chi connectivity index (χ3n) is 3.04. The van der Waals surface area contributed by atoms with E-state index in [2.05, 4.69) is 5.32 Å². The van der Waals surface area contributed by atoms with Gasteiger partial charge in [0.1, 0.15) is 0 Å². The fourth-order valence-electron chi connectivity index (χ4n) is 2.19. The van der Waals surface area contributed by atoms with E-state index >= 15 is 0 Å². The predicted octanol–water partition coefficient (Wildman–Crippen LogP) is 2.00. The number of anilines is 2. The molecule has 0 spiro atoms. The molecule has 0 aliphatic carbocycles. The smallest absolute Gasteiger partial charge is 0.227 e. The van der Waals surface area contributed by atoms with Crippen LogP contribution in [0.3, 0.4) is 0 Å². The van der Waals surface area contributed by atoms with Crippen LogP contribution in [-0.4, -0.2) is 26.6 Å². The zero-order valence-electron chi connectivity index (χ0n) is 10.3. The molecule has 0 atom stereocenters. The molecule has 1 saturated heterocycles. The van der Waals surface area contributed by atoms with E-state index in [0.29, 0.717) is 13.0 Å². The second kappa shape index (κ2) is 5.19.